The molecule has 1 aliphatic heterocycles. The number of aliphatic hydroxyl groups excluding tert-OH is 1. The highest BCUT2D eigenvalue weighted by molar-refractivity contribution is 5.67. The van der Waals surface area contributed by atoms with Crippen molar-refractivity contribution in [3.63, 3.8) is 0 Å². The fourth-order valence-corrected chi connectivity index (χ4v) is 2.78. The van der Waals surface area contributed by atoms with Crippen LogP contribution in [0.2, 0.25) is 0 Å². The van der Waals surface area contributed by atoms with Crippen molar-refractivity contribution in [2.24, 2.45) is 0 Å². The van der Waals surface area contributed by atoms with Crippen molar-refractivity contribution in [3.05, 3.63) is 35.9 Å². The van der Waals surface area contributed by atoms with Crippen molar-refractivity contribution in [2.75, 3.05) is 26.7 Å². The van der Waals surface area contributed by atoms with Gasteiger partial charge in [0, 0.05) is 13.6 Å². The molecule has 1 aliphatic rings. The lowest BCUT2D eigenvalue weighted by Crippen LogP contribution is -2.50. The molecule has 1 amide bonds. The zero-order valence-corrected chi connectivity index (χ0v) is 13.4. The van der Waals surface area contributed by atoms with Crippen molar-refractivity contribution in [1.29, 1.82) is 0 Å². The highest BCUT2D eigenvalue weighted by atomic mass is 16.6. The van der Waals surface area contributed by atoms with Crippen LogP contribution in [0.15, 0.2) is 30.3 Å². The molecule has 5 nitrogen and oxygen atoms in total. The second kappa shape index (κ2) is 8.15. The maximum absolute atomic E-state index is 12.2. The van der Waals surface area contributed by atoms with Crippen molar-refractivity contribution in [2.45, 2.75) is 38.5 Å². The summed E-state index contributed by atoms with van der Waals surface area (Å²) < 4.78 is 5.34. The number of aliphatic hydroxyl groups is 1. The van der Waals surface area contributed by atoms with Crippen molar-refractivity contribution >= 4 is 6.09 Å². The number of benzene rings is 1. The lowest BCUT2D eigenvalue weighted by Gasteiger charge is -2.32. The zero-order chi connectivity index (χ0) is 15.9. The van der Waals surface area contributed by atoms with Gasteiger partial charge in [-0.2, -0.15) is 0 Å². The monoisotopic (exact) mass is 306 g/mol. The van der Waals surface area contributed by atoms with Gasteiger partial charge >= 0.3 is 6.09 Å². The van der Waals surface area contributed by atoms with Crippen LogP contribution in [0.3, 0.4) is 0 Å². The Morgan fingerprint density at radius 1 is 1.32 bits per heavy atom. The van der Waals surface area contributed by atoms with E-state index in [0.29, 0.717) is 6.54 Å². The standard InChI is InChI=1S/C17H26N2O3/c1-14(20)16(12-19-10-6-7-11-19)18(2)17(21)22-13-15-8-4-3-5-9-15/h3-5,8-9,14,16,20H,6-7,10-13H2,1-2H3/t14-,16+/m1/s1. The maximum Gasteiger partial charge on any atom is 0.410 e. The molecule has 2 atom stereocenters. The molecule has 2 rings (SSSR count). The summed E-state index contributed by atoms with van der Waals surface area (Å²) in [7, 11) is 1.70. The lowest BCUT2D eigenvalue weighted by molar-refractivity contribution is 0.0366. The molecule has 0 aromatic heterocycles. The summed E-state index contributed by atoms with van der Waals surface area (Å²) in [5, 5.41) is 10.0. The number of nitrogens with zero attached hydrogens (tertiary/aromatic N) is 2. The summed E-state index contributed by atoms with van der Waals surface area (Å²) in [5.74, 6) is 0. The summed E-state index contributed by atoms with van der Waals surface area (Å²) in [6, 6.07) is 9.35. The predicted molar refractivity (Wildman–Crippen MR) is 85.5 cm³/mol. The average Bonchev–Trinajstić information content (AvgIpc) is 3.03. The van der Waals surface area contributed by atoms with E-state index >= 15 is 0 Å². The third kappa shape index (κ3) is 4.71. The normalized spacial score (nSPS) is 18.0. The van der Waals surface area contributed by atoms with E-state index in [0.717, 1.165) is 18.7 Å². The van der Waals surface area contributed by atoms with E-state index in [1.165, 1.54) is 17.7 Å². The molecule has 1 fully saturated rings. The van der Waals surface area contributed by atoms with Crippen LogP contribution in [-0.2, 0) is 11.3 Å². The molecule has 1 N–H and O–H groups in total. The molecule has 1 heterocycles. The van der Waals surface area contributed by atoms with Gasteiger partial charge < -0.3 is 19.6 Å². The SMILES string of the molecule is C[C@@H](O)[C@H](CN1CCCC1)N(C)C(=O)OCc1ccccc1. The van der Waals surface area contributed by atoms with Gasteiger partial charge in [-0.05, 0) is 38.4 Å². The highest BCUT2D eigenvalue weighted by Crippen LogP contribution is 2.13. The first-order valence-corrected chi connectivity index (χ1v) is 7.92. The molecule has 1 aromatic rings. The number of ether oxygens (including phenoxy) is 1. The molecule has 5 heteroatoms. The van der Waals surface area contributed by atoms with E-state index in [2.05, 4.69) is 4.90 Å². The average molecular weight is 306 g/mol. The van der Waals surface area contributed by atoms with Crippen LogP contribution in [0.1, 0.15) is 25.3 Å². The molecule has 0 spiro atoms. The van der Waals surface area contributed by atoms with Crippen LogP contribution in [0.4, 0.5) is 4.79 Å². The van der Waals surface area contributed by atoms with Crippen LogP contribution in [0, 0.1) is 0 Å². The number of hydrogen-bond acceptors (Lipinski definition) is 4. The summed E-state index contributed by atoms with van der Waals surface area (Å²) in [6.07, 6.45) is 1.40. The van der Waals surface area contributed by atoms with Crippen LogP contribution < -0.4 is 0 Å². The summed E-state index contributed by atoms with van der Waals surface area (Å²) >= 11 is 0. The van der Waals surface area contributed by atoms with Gasteiger partial charge in [0.2, 0.25) is 0 Å². The summed E-state index contributed by atoms with van der Waals surface area (Å²) in [5.41, 5.74) is 0.956. The Morgan fingerprint density at radius 2 is 1.95 bits per heavy atom. The van der Waals surface area contributed by atoms with E-state index in [1.54, 1.807) is 14.0 Å². The Kier molecular flexibility index (Phi) is 6.21. The van der Waals surface area contributed by atoms with Gasteiger partial charge in [0.25, 0.3) is 0 Å². The molecule has 0 saturated carbocycles. The minimum Gasteiger partial charge on any atom is -0.445 e. The van der Waals surface area contributed by atoms with E-state index in [-0.39, 0.29) is 12.6 Å². The first-order valence-electron chi connectivity index (χ1n) is 7.92. The topological polar surface area (TPSA) is 53.0 Å². The van der Waals surface area contributed by atoms with Crippen molar-refractivity contribution in [3.8, 4) is 0 Å². The number of carbonyl (C=O) groups excluding carboxylic acids is 1. The molecule has 22 heavy (non-hydrogen) atoms. The van der Waals surface area contributed by atoms with Gasteiger partial charge in [-0.25, -0.2) is 4.79 Å². The van der Waals surface area contributed by atoms with Gasteiger partial charge in [0.15, 0.2) is 0 Å². The molecule has 0 radical (unpaired) electrons. The molecule has 1 aromatic carbocycles. The van der Waals surface area contributed by atoms with Gasteiger partial charge in [0.05, 0.1) is 12.1 Å². The third-order valence-electron chi connectivity index (χ3n) is 4.19. The van der Waals surface area contributed by atoms with Gasteiger partial charge in [0.1, 0.15) is 6.61 Å². The lowest BCUT2D eigenvalue weighted by atomic mass is 10.1. The Hall–Kier alpha value is -1.59. The first kappa shape index (κ1) is 16.8. The molecule has 122 valence electrons. The second-order valence-electron chi connectivity index (χ2n) is 5.97. The number of carbonyl (C=O) groups is 1. The number of likely N-dealkylation sites (tertiary alicyclic amines) is 1. The number of amides is 1. The summed E-state index contributed by atoms with van der Waals surface area (Å²) in [6.45, 7) is 4.74. The largest absolute Gasteiger partial charge is 0.445 e. The highest BCUT2D eigenvalue weighted by Gasteiger charge is 2.28. The molecule has 1 saturated heterocycles. The minimum absolute atomic E-state index is 0.249. The molecule has 0 aliphatic carbocycles. The minimum atomic E-state index is -0.588. The Labute approximate surface area is 132 Å². The predicted octanol–water partition coefficient (Wildman–Crippen LogP) is 2.10. The first-order chi connectivity index (χ1) is 10.6. The van der Waals surface area contributed by atoms with Gasteiger partial charge in [-0.3, -0.25) is 0 Å². The van der Waals surface area contributed by atoms with E-state index < -0.39 is 12.2 Å². The smallest absolute Gasteiger partial charge is 0.410 e. The van der Waals surface area contributed by atoms with E-state index in [4.69, 9.17) is 4.74 Å². The van der Waals surface area contributed by atoms with Crippen LogP contribution in [0.25, 0.3) is 0 Å². The number of hydrogen-bond donors (Lipinski definition) is 1. The molecule has 0 bridgehead atoms. The van der Waals surface area contributed by atoms with Gasteiger partial charge in [-0.15, -0.1) is 0 Å². The fourth-order valence-electron chi connectivity index (χ4n) is 2.78. The van der Waals surface area contributed by atoms with E-state index in [9.17, 15) is 9.90 Å². The number of likely N-dealkylation sites (N-methyl/N-ethyl adjacent to an activating group) is 1. The fraction of sp³-hybridized carbons (Fsp3) is 0.588. The quantitative estimate of drug-likeness (QED) is 0.874. The van der Waals surface area contributed by atoms with Crippen molar-refractivity contribution < 1.29 is 14.6 Å². The van der Waals surface area contributed by atoms with Crippen LogP contribution in [-0.4, -0.2) is 59.8 Å². The van der Waals surface area contributed by atoms with Gasteiger partial charge in [-0.1, -0.05) is 30.3 Å². The second-order valence-corrected chi connectivity index (χ2v) is 5.97. The maximum atomic E-state index is 12.2. The summed E-state index contributed by atoms with van der Waals surface area (Å²) in [4.78, 5) is 16.0. The van der Waals surface area contributed by atoms with Crippen LogP contribution >= 0.6 is 0 Å². The van der Waals surface area contributed by atoms with Crippen molar-refractivity contribution in [1.82, 2.24) is 9.80 Å². The zero-order valence-electron chi connectivity index (χ0n) is 13.4. The Morgan fingerprint density at radius 3 is 2.55 bits per heavy atom. The molecular weight excluding hydrogens is 280 g/mol. The molecular formula is C17H26N2O3. The van der Waals surface area contributed by atoms with E-state index in [1.807, 2.05) is 30.3 Å². The van der Waals surface area contributed by atoms with Crippen LogP contribution in [0.5, 0.6) is 0 Å². The number of rotatable bonds is 6. The Bertz CT molecular complexity index is 458. The Balaban J connectivity index is 1.88. The third-order valence-corrected chi connectivity index (χ3v) is 4.19. The molecule has 0 unspecified atom stereocenters.